The minimum Gasteiger partial charge on any atom is -0.326 e. The Morgan fingerprint density at radius 2 is 2.11 bits per heavy atom. The summed E-state index contributed by atoms with van der Waals surface area (Å²) in [4.78, 5) is 16.4. The molecule has 2 aliphatic rings. The number of hydrogen-bond donors (Lipinski definition) is 2. The molecule has 0 saturated heterocycles. The summed E-state index contributed by atoms with van der Waals surface area (Å²) in [6, 6.07) is 6.13. The van der Waals surface area contributed by atoms with E-state index in [0.29, 0.717) is 43.8 Å². The number of hydrogen-bond acceptors (Lipinski definition) is 6. The van der Waals surface area contributed by atoms with Gasteiger partial charge in [-0.25, -0.2) is 8.42 Å². The molecule has 0 radical (unpaired) electrons. The Kier molecular flexibility index (Phi) is 5.56. The molecule has 142 valence electrons. The van der Waals surface area contributed by atoms with Gasteiger partial charge in [-0.2, -0.15) is 10.2 Å². The van der Waals surface area contributed by atoms with Crippen LogP contribution in [0.5, 0.6) is 0 Å². The van der Waals surface area contributed by atoms with Gasteiger partial charge >= 0.3 is 0 Å². The quantitative estimate of drug-likeness (QED) is 0.668. The maximum atomic E-state index is 12.4. The third kappa shape index (κ3) is 5.14. The first-order chi connectivity index (χ1) is 12.9. The van der Waals surface area contributed by atoms with Gasteiger partial charge in [0.1, 0.15) is 5.84 Å². The van der Waals surface area contributed by atoms with E-state index in [1.54, 1.807) is 12.1 Å². The summed E-state index contributed by atoms with van der Waals surface area (Å²) in [5.41, 5.74) is -0.0977. The maximum absolute atomic E-state index is 12.4. The monoisotopic (exact) mass is 387 g/mol. The zero-order chi connectivity index (χ0) is 19.3. The second-order valence-electron chi connectivity index (χ2n) is 6.50. The Morgan fingerprint density at radius 1 is 1.30 bits per heavy atom. The number of carbonyl (C=O) groups excluding carboxylic acids is 1. The molecule has 0 saturated carbocycles. The SMILES string of the molecule is C#CCCC1(CCC(=O)Nc2cccc(S(=O)(=O)NC3=NCCC3)c2)N=N1. The van der Waals surface area contributed by atoms with E-state index in [9.17, 15) is 13.2 Å². The molecule has 0 aliphatic carbocycles. The number of amides is 1. The number of carbonyl (C=O) groups is 1. The molecular formula is C18H21N5O3S. The first-order valence-corrected chi connectivity index (χ1v) is 10.2. The Morgan fingerprint density at radius 3 is 2.78 bits per heavy atom. The van der Waals surface area contributed by atoms with Gasteiger partial charge in [0.05, 0.1) is 4.90 Å². The predicted octanol–water partition coefficient (Wildman–Crippen LogP) is 2.45. The van der Waals surface area contributed by atoms with Crippen molar-refractivity contribution < 1.29 is 13.2 Å². The number of rotatable bonds is 8. The van der Waals surface area contributed by atoms with Crippen LogP contribution < -0.4 is 10.0 Å². The topological polar surface area (TPSA) is 112 Å². The molecule has 2 heterocycles. The van der Waals surface area contributed by atoms with Crippen LogP contribution >= 0.6 is 0 Å². The van der Waals surface area contributed by atoms with Crippen molar-refractivity contribution >= 4 is 27.5 Å². The molecule has 8 nitrogen and oxygen atoms in total. The molecule has 1 amide bonds. The highest BCUT2D eigenvalue weighted by Gasteiger charge is 2.39. The highest BCUT2D eigenvalue weighted by Crippen LogP contribution is 2.37. The van der Waals surface area contributed by atoms with Gasteiger partial charge in [0, 0.05) is 44.3 Å². The summed E-state index contributed by atoms with van der Waals surface area (Å²) in [7, 11) is -3.72. The van der Waals surface area contributed by atoms with E-state index in [1.807, 2.05) is 0 Å². The first-order valence-electron chi connectivity index (χ1n) is 8.76. The van der Waals surface area contributed by atoms with Gasteiger partial charge in [0.25, 0.3) is 10.0 Å². The van der Waals surface area contributed by atoms with Crippen molar-refractivity contribution in [3.8, 4) is 12.3 Å². The Labute approximate surface area is 158 Å². The number of terminal acetylenes is 1. The molecule has 27 heavy (non-hydrogen) atoms. The van der Waals surface area contributed by atoms with E-state index in [2.05, 4.69) is 31.2 Å². The highest BCUT2D eigenvalue weighted by atomic mass is 32.2. The van der Waals surface area contributed by atoms with Gasteiger partial charge in [-0.15, -0.1) is 12.3 Å². The fourth-order valence-corrected chi connectivity index (χ4v) is 3.92. The molecule has 0 spiro atoms. The second-order valence-corrected chi connectivity index (χ2v) is 8.18. The van der Waals surface area contributed by atoms with E-state index in [4.69, 9.17) is 6.42 Å². The standard InChI is InChI=1S/C18H21N5O3S/c1-2-3-10-18(22-23-18)11-9-17(24)20-14-6-4-7-15(13-14)27(25,26)21-16-8-5-12-19-16/h1,4,6-7,13H,3,5,8-12H2,(H,19,21)(H,20,24). The lowest BCUT2D eigenvalue weighted by Gasteiger charge is -2.11. The van der Waals surface area contributed by atoms with Crippen LogP contribution in [0.15, 0.2) is 44.4 Å². The molecule has 0 fully saturated rings. The number of anilines is 1. The molecule has 1 aromatic rings. The minimum atomic E-state index is -3.72. The van der Waals surface area contributed by atoms with Crippen LogP contribution in [-0.4, -0.2) is 32.4 Å². The molecule has 0 atom stereocenters. The summed E-state index contributed by atoms with van der Waals surface area (Å²) in [5, 5.41) is 10.7. The van der Waals surface area contributed by atoms with Crippen LogP contribution in [0.4, 0.5) is 5.69 Å². The molecule has 9 heteroatoms. The number of nitrogens with zero attached hydrogens (tertiary/aromatic N) is 3. The molecule has 2 N–H and O–H groups in total. The fourth-order valence-electron chi connectivity index (χ4n) is 2.78. The maximum Gasteiger partial charge on any atom is 0.262 e. The van der Waals surface area contributed by atoms with Crippen molar-refractivity contribution in [1.29, 1.82) is 0 Å². The molecule has 2 aliphatic heterocycles. The summed E-state index contributed by atoms with van der Waals surface area (Å²) in [5.74, 6) is 2.79. The van der Waals surface area contributed by atoms with Crippen LogP contribution in [-0.2, 0) is 14.8 Å². The largest absolute Gasteiger partial charge is 0.326 e. The van der Waals surface area contributed by atoms with Gasteiger partial charge < -0.3 is 5.32 Å². The molecule has 1 aromatic carbocycles. The van der Waals surface area contributed by atoms with Crippen LogP contribution in [0, 0.1) is 12.3 Å². The number of amidine groups is 1. The normalized spacial score (nSPS) is 17.1. The average molecular weight is 387 g/mol. The van der Waals surface area contributed by atoms with Crippen molar-refractivity contribution in [2.45, 2.75) is 49.1 Å². The first kappa shape index (κ1) is 19.0. The molecule has 0 bridgehead atoms. The van der Waals surface area contributed by atoms with E-state index < -0.39 is 15.7 Å². The second kappa shape index (κ2) is 7.88. The number of nitrogens with one attached hydrogen (secondary N) is 2. The third-order valence-corrected chi connectivity index (χ3v) is 5.74. The van der Waals surface area contributed by atoms with Crippen molar-refractivity contribution in [3.05, 3.63) is 24.3 Å². The summed E-state index contributed by atoms with van der Waals surface area (Å²) < 4.78 is 27.4. The van der Waals surface area contributed by atoms with Crippen LogP contribution in [0.2, 0.25) is 0 Å². The summed E-state index contributed by atoms with van der Waals surface area (Å²) in [6.07, 6.45) is 8.62. The van der Waals surface area contributed by atoms with Gasteiger partial charge in [0.2, 0.25) is 5.91 Å². The van der Waals surface area contributed by atoms with Gasteiger partial charge in [-0.3, -0.25) is 14.5 Å². The predicted molar refractivity (Wildman–Crippen MR) is 102 cm³/mol. The lowest BCUT2D eigenvalue weighted by atomic mass is 10.0. The average Bonchev–Trinajstić information content (AvgIpc) is 3.24. The highest BCUT2D eigenvalue weighted by molar-refractivity contribution is 7.90. The van der Waals surface area contributed by atoms with E-state index in [-0.39, 0.29) is 17.2 Å². The Bertz CT molecular complexity index is 925. The lowest BCUT2D eigenvalue weighted by Crippen LogP contribution is -2.29. The van der Waals surface area contributed by atoms with Gasteiger partial charge in [-0.1, -0.05) is 6.07 Å². The lowest BCUT2D eigenvalue weighted by molar-refractivity contribution is -0.116. The fraction of sp³-hybridized carbons (Fsp3) is 0.444. The van der Waals surface area contributed by atoms with Gasteiger partial charge in [0.15, 0.2) is 5.66 Å². The number of sulfonamides is 1. The summed E-state index contributed by atoms with van der Waals surface area (Å²) >= 11 is 0. The molecule has 0 aromatic heterocycles. The van der Waals surface area contributed by atoms with Crippen molar-refractivity contribution in [2.24, 2.45) is 15.2 Å². The van der Waals surface area contributed by atoms with Crippen LogP contribution in [0.3, 0.4) is 0 Å². The molecule has 0 unspecified atom stereocenters. The smallest absolute Gasteiger partial charge is 0.262 e. The van der Waals surface area contributed by atoms with E-state index in [0.717, 1.165) is 6.42 Å². The Hall–Kier alpha value is -2.73. The molecule has 3 rings (SSSR count). The molecular weight excluding hydrogens is 366 g/mol. The number of aliphatic imine (C=N–C) groups is 1. The van der Waals surface area contributed by atoms with Crippen molar-refractivity contribution in [1.82, 2.24) is 4.72 Å². The van der Waals surface area contributed by atoms with E-state index in [1.165, 1.54) is 12.1 Å². The van der Waals surface area contributed by atoms with Gasteiger partial charge in [-0.05, 0) is 24.6 Å². The zero-order valence-electron chi connectivity index (χ0n) is 14.8. The Balaban J connectivity index is 1.57. The third-order valence-electron chi connectivity index (χ3n) is 4.36. The van der Waals surface area contributed by atoms with Crippen molar-refractivity contribution in [2.75, 3.05) is 11.9 Å². The number of benzene rings is 1. The van der Waals surface area contributed by atoms with Crippen molar-refractivity contribution in [3.63, 3.8) is 0 Å². The van der Waals surface area contributed by atoms with E-state index >= 15 is 0 Å². The van der Waals surface area contributed by atoms with Crippen LogP contribution in [0.1, 0.15) is 38.5 Å². The van der Waals surface area contributed by atoms with Crippen LogP contribution in [0.25, 0.3) is 0 Å². The minimum absolute atomic E-state index is 0.0765. The summed E-state index contributed by atoms with van der Waals surface area (Å²) in [6.45, 7) is 0.634. The zero-order valence-corrected chi connectivity index (χ0v) is 15.6.